The first-order valence-electron chi connectivity index (χ1n) is 13.4. The van der Waals surface area contributed by atoms with Crippen molar-refractivity contribution in [2.75, 3.05) is 18.0 Å². The van der Waals surface area contributed by atoms with E-state index in [0.29, 0.717) is 38.0 Å². The molecule has 1 fully saturated rings. The number of carbonyl (C=O) groups excluding carboxylic acids is 5. The number of halogens is 1. The summed E-state index contributed by atoms with van der Waals surface area (Å²) in [5.74, 6) is 5.32. The van der Waals surface area contributed by atoms with Gasteiger partial charge in [-0.2, -0.15) is 0 Å². The van der Waals surface area contributed by atoms with Gasteiger partial charge >= 0.3 is 0 Å². The molecule has 40 heavy (non-hydrogen) atoms. The number of carbonyl (C=O) groups is 5. The molecule has 0 saturated carbocycles. The summed E-state index contributed by atoms with van der Waals surface area (Å²) in [6, 6.07) is 12.1. The van der Waals surface area contributed by atoms with Crippen molar-refractivity contribution in [2.45, 2.75) is 57.5 Å². The average molecular weight is 608 g/mol. The van der Waals surface area contributed by atoms with Gasteiger partial charge in [0.2, 0.25) is 24.1 Å². The van der Waals surface area contributed by atoms with Crippen LogP contribution in [0.2, 0.25) is 0 Å². The Morgan fingerprint density at radius 3 is 2.67 bits per heavy atom. The lowest BCUT2D eigenvalue weighted by Gasteiger charge is -2.29. The maximum Gasteiger partial charge on any atom is 0.255 e. The van der Waals surface area contributed by atoms with E-state index >= 15 is 0 Å². The van der Waals surface area contributed by atoms with Gasteiger partial charge in [-0.15, -0.1) is 0 Å². The number of amides is 5. The molecule has 1 atom stereocenters. The molecule has 9 nitrogen and oxygen atoms in total. The molecule has 0 radical (unpaired) electrons. The number of unbranched alkanes of at least 4 members (excludes halogenated alkanes) is 3. The molecule has 0 bridgehead atoms. The zero-order valence-electron chi connectivity index (χ0n) is 22.1. The summed E-state index contributed by atoms with van der Waals surface area (Å²) >= 11 is 3.36. The fourth-order valence-electron chi connectivity index (χ4n) is 4.79. The summed E-state index contributed by atoms with van der Waals surface area (Å²) in [6.45, 7) is 1.18. The molecule has 4 rings (SSSR count). The molecule has 0 spiro atoms. The summed E-state index contributed by atoms with van der Waals surface area (Å²) in [5, 5.41) is 5.22. The fraction of sp³-hybridized carbons (Fsp3) is 0.367. The summed E-state index contributed by atoms with van der Waals surface area (Å²) in [6.07, 6.45) is 4.80. The second-order valence-corrected chi connectivity index (χ2v) is 10.6. The highest BCUT2D eigenvalue weighted by Crippen LogP contribution is 2.29. The molecule has 2 aromatic carbocycles. The van der Waals surface area contributed by atoms with Gasteiger partial charge in [0.25, 0.3) is 5.91 Å². The third-order valence-corrected chi connectivity index (χ3v) is 7.50. The first-order valence-corrected chi connectivity index (χ1v) is 14.2. The van der Waals surface area contributed by atoms with E-state index in [9.17, 15) is 24.0 Å². The molecule has 208 valence electrons. The maximum atomic E-state index is 12.9. The Morgan fingerprint density at radius 2 is 1.93 bits per heavy atom. The smallest absolute Gasteiger partial charge is 0.255 e. The SMILES string of the molecule is O=CN(CCC(=O)NCCCCCC#Cc1cccc2c1CN(C1CCC(=O)NC1=O)C2=O)c1ccc(Br)cc1. The van der Waals surface area contributed by atoms with Gasteiger partial charge in [0, 0.05) is 60.2 Å². The van der Waals surface area contributed by atoms with E-state index in [1.54, 1.807) is 12.1 Å². The van der Waals surface area contributed by atoms with Gasteiger partial charge in [0.15, 0.2) is 0 Å². The molecule has 5 amide bonds. The van der Waals surface area contributed by atoms with Crippen LogP contribution >= 0.6 is 15.9 Å². The highest BCUT2D eigenvalue weighted by atomic mass is 79.9. The summed E-state index contributed by atoms with van der Waals surface area (Å²) in [4.78, 5) is 63.3. The Morgan fingerprint density at radius 1 is 1.12 bits per heavy atom. The van der Waals surface area contributed by atoms with Crippen molar-refractivity contribution < 1.29 is 24.0 Å². The van der Waals surface area contributed by atoms with Crippen LogP contribution in [-0.4, -0.2) is 54.1 Å². The quantitative estimate of drug-likeness (QED) is 0.176. The number of imide groups is 1. The van der Waals surface area contributed by atoms with Gasteiger partial charge in [0.05, 0.1) is 0 Å². The van der Waals surface area contributed by atoms with Gasteiger partial charge in [-0.3, -0.25) is 29.3 Å². The number of anilines is 1. The number of rotatable bonds is 11. The van der Waals surface area contributed by atoms with Crippen LogP contribution in [0.3, 0.4) is 0 Å². The topological polar surface area (TPSA) is 116 Å². The minimum absolute atomic E-state index is 0.0948. The number of fused-ring (bicyclic) bond motifs is 1. The van der Waals surface area contributed by atoms with E-state index < -0.39 is 11.9 Å². The average Bonchev–Trinajstić information content (AvgIpc) is 3.28. The number of piperidine rings is 1. The van der Waals surface area contributed by atoms with Gasteiger partial charge in [-0.25, -0.2) is 0 Å². The molecule has 10 heteroatoms. The minimum atomic E-state index is -0.644. The van der Waals surface area contributed by atoms with Crippen molar-refractivity contribution >= 4 is 51.7 Å². The van der Waals surface area contributed by atoms with Gasteiger partial charge in [-0.05, 0) is 61.2 Å². The standard InChI is InChI=1S/C30H31BrN4O5/c31-22-10-12-23(13-11-22)34(20-36)18-16-27(37)32-17-5-3-1-2-4-7-21-8-6-9-24-25(21)19-35(30(24)40)26-14-15-28(38)33-29(26)39/h6,8-13,20,26H,1-3,5,14-19H2,(H,32,37)(H,33,38,39). The number of nitrogens with zero attached hydrogens (tertiary/aromatic N) is 2. The van der Waals surface area contributed by atoms with Crippen molar-refractivity contribution in [3.05, 3.63) is 63.6 Å². The van der Waals surface area contributed by atoms with Gasteiger partial charge in [0.1, 0.15) is 6.04 Å². The van der Waals surface area contributed by atoms with Crippen LogP contribution in [0.15, 0.2) is 46.9 Å². The molecular formula is C30H31BrN4O5. The molecule has 2 N–H and O–H groups in total. The van der Waals surface area contributed by atoms with Crippen LogP contribution in [0.25, 0.3) is 0 Å². The second-order valence-electron chi connectivity index (χ2n) is 9.72. The van der Waals surface area contributed by atoms with E-state index in [1.165, 1.54) is 9.80 Å². The van der Waals surface area contributed by atoms with E-state index in [4.69, 9.17) is 0 Å². The lowest BCUT2D eigenvalue weighted by molar-refractivity contribution is -0.137. The van der Waals surface area contributed by atoms with Crippen molar-refractivity contribution in [3.8, 4) is 11.8 Å². The van der Waals surface area contributed by atoms with E-state index in [0.717, 1.165) is 47.0 Å². The lowest BCUT2D eigenvalue weighted by Crippen LogP contribution is -2.52. The molecule has 2 aliphatic heterocycles. The third-order valence-electron chi connectivity index (χ3n) is 6.97. The Hall–Kier alpha value is -3.97. The summed E-state index contributed by atoms with van der Waals surface area (Å²) in [5.41, 5.74) is 2.90. The minimum Gasteiger partial charge on any atom is -0.356 e. The van der Waals surface area contributed by atoms with Crippen LogP contribution in [0, 0.1) is 11.8 Å². The first-order chi connectivity index (χ1) is 19.4. The van der Waals surface area contributed by atoms with Gasteiger partial charge < -0.3 is 15.1 Å². The zero-order valence-corrected chi connectivity index (χ0v) is 23.7. The normalized spacial score (nSPS) is 16.1. The molecule has 2 aliphatic rings. The molecule has 0 aromatic heterocycles. The number of hydrogen-bond donors (Lipinski definition) is 2. The number of nitrogens with one attached hydrogen (secondary N) is 2. The van der Waals surface area contributed by atoms with Gasteiger partial charge in [-0.1, -0.05) is 40.3 Å². The summed E-state index contributed by atoms with van der Waals surface area (Å²) < 4.78 is 0.921. The van der Waals surface area contributed by atoms with Crippen LogP contribution < -0.4 is 15.5 Å². The first kappa shape index (κ1) is 29.0. The Bertz CT molecular complexity index is 1350. The van der Waals surface area contributed by atoms with Crippen molar-refractivity contribution in [1.29, 1.82) is 0 Å². The second kappa shape index (κ2) is 13.9. The van der Waals surface area contributed by atoms with Crippen LogP contribution in [0.4, 0.5) is 5.69 Å². The monoisotopic (exact) mass is 606 g/mol. The Kier molecular flexibility index (Phi) is 10.1. The van der Waals surface area contributed by atoms with Crippen LogP contribution in [-0.2, 0) is 25.7 Å². The van der Waals surface area contributed by atoms with Crippen molar-refractivity contribution in [3.63, 3.8) is 0 Å². The largest absolute Gasteiger partial charge is 0.356 e. The lowest BCUT2D eigenvalue weighted by atomic mass is 10.0. The Balaban J connectivity index is 1.16. The Labute approximate surface area is 241 Å². The molecule has 1 saturated heterocycles. The predicted octanol–water partition coefficient (Wildman–Crippen LogP) is 3.29. The molecule has 2 heterocycles. The highest BCUT2D eigenvalue weighted by Gasteiger charge is 2.39. The molecule has 2 aromatic rings. The number of hydrogen-bond acceptors (Lipinski definition) is 5. The van der Waals surface area contributed by atoms with Crippen LogP contribution in [0.5, 0.6) is 0 Å². The van der Waals surface area contributed by atoms with Crippen molar-refractivity contribution in [2.24, 2.45) is 0 Å². The molecule has 0 aliphatic carbocycles. The van der Waals surface area contributed by atoms with E-state index in [-0.39, 0.29) is 30.6 Å². The summed E-state index contributed by atoms with van der Waals surface area (Å²) in [7, 11) is 0. The predicted molar refractivity (Wildman–Crippen MR) is 153 cm³/mol. The van der Waals surface area contributed by atoms with Crippen LogP contribution in [0.1, 0.15) is 66.4 Å². The van der Waals surface area contributed by atoms with E-state index in [2.05, 4.69) is 38.4 Å². The highest BCUT2D eigenvalue weighted by molar-refractivity contribution is 9.10. The zero-order chi connectivity index (χ0) is 28.5. The third kappa shape index (κ3) is 7.36. The maximum absolute atomic E-state index is 12.9. The molecule has 1 unspecified atom stereocenters. The van der Waals surface area contributed by atoms with E-state index in [1.807, 2.05) is 30.3 Å². The number of benzene rings is 2. The fourth-order valence-corrected chi connectivity index (χ4v) is 5.05. The molecular weight excluding hydrogens is 576 g/mol. The van der Waals surface area contributed by atoms with Crippen molar-refractivity contribution in [1.82, 2.24) is 15.5 Å².